The Morgan fingerprint density at radius 1 is 1.23 bits per heavy atom. The van der Waals surface area contributed by atoms with Gasteiger partial charge in [0, 0.05) is 6.04 Å². The number of esters is 2. The van der Waals surface area contributed by atoms with Gasteiger partial charge in [-0.05, 0) is 32.3 Å². The van der Waals surface area contributed by atoms with Crippen molar-refractivity contribution >= 4 is 11.9 Å². The van der Waals surface area contributed by atoms with Crippen LogP contribution in [0.1, 0.15) is 38.3 Å². The molecule has 0 saturated carbocycles. The van der Waals surface area contributed by atoms with E-state index in [0.29, 0.717) is 12.8 Å². The van der Waals surface area contributed by atoms with Gasteiger partial charge in [0.25, 0.3) is 0 Å². The van der Waals surface area contributed by atoms with Crippen LogP contribution < -0.4 is 0 Å². The van der Waals surface area contributed by atoms with Crippen LogP contribution in [0.3, 0.4) is 0 Å². The van der Waals surface area contributed by atoms with Gasteiger partial charge in [-0.2, -0.15) is 0 Å². The Hall–Kier alpha value is -1.88. The number of likely N-dealkylation sites (tertiary alicyclic amines) is 1. The van der Waals surface area contributed by atoms with Crippen molar-refractivity contribution in [3.8, 4) is 0 Å². The fourth-order valence-electron chi connectivity index (χ4n) is 3.41. The first-order chi connectivity index (χ1) is 10.5. The van der Waals surface area contributed by atoms with Crippen molar-refractivity contribution in [3.05, 3.63) is 35.9 Å². The smallest absolute Gasteiger partial charge is 0.326 e. The Morgan fingerprint density at radius 3 is 2.41 bits per heavy atom. The molecule has 5 heteroatoms. The quantitative estimate of drug-likeness (QED) is 0.799. The van der Waals surface area contributed by atoms with Crippen LogP contribution in [-0.4, -0.2) is 42.6 Å². The van der Waals surface area contributed by atoms with Crippen LogP contribution in [0.5, 0.6) is 0 Å². The maximum atomic E-state index is 12.3. The van der Waals surface area contributed by atoms with Crippen LogP contribution in [-0.2, 0) is 19.1 Å². The number of benzene rings is 1. The van der Waals surface area contributed by atoms with E-state index in [1.54, 1.807) is 0 Å². The van der Waals surface area contributed by atoms with E-state index in [1.807, 2.05) is 49.1 Å². The molecule has 0 bridgehead atoms. The molecule has 1 heterocycles. The molecule has 2 unspecified atom stereocenters. The van der Waals surface area contributed by atoms with Gasteiger partial charge in [-0.1, -0.05) is 30.3 Å². The number of ether oxygens (including phenoxy) is 2. The second kappa shape index (κ2) is 6.48. The van der Waals surface area contributed by atoms with Crippen molar-refractivity contribution < 1.29 is 19.1 Å². The van der Waals surface area contributed by atoms with E-state index in [-0.39, 0.29) is 18.0 Å². The van der Waals surface area contributed by atoms with Crippen molar-refractivity contribution in [2.75, 3.05) is 14.2 Å². The van der Waals surface area contributed by atoms with E-state index >= 15 is 0 Å². The van der Waals surface area contributed by atoms with Crippen LogP contribution in [0.4, 0.5) is 0 Å². The van der Waals surface area contributed by atoms with Gasteiger partial charge in [-0.25, -0.2) is 0 Å². The van der Waals surface area contributed by atoms with E-state index in [1.165, 1.54) is 14.2 Å². The van der Waals surface area contributed by atoms with Crippen LogP contribution in [0.15, 0.2) is 30.3 Å². The van der Waals surface area contributed by atoms with E-state index in [2.05, 4.69) is 0 Å². The molecular weight excluding hydrogens is 282 g/mol. The number of rotatable bonds is 4. The van der Waals surface area contributed by atoms with Gasteiger partial charge < -0.3 is 9.47 Å². The maximum Gasteiger partial charge on any atom is 0.326 e. The van der Waals surface area contributed by atoms with Gasteiger partial charge in [0.15, 0.2) is 0 Å². The van der Waals surface area contributed by atoms with Gasteiger partial charge in [0.05, 0.1) is 14.2 Å². The molecule has 0 radical (unpaired) electrons. The summed E-state index contributed by atoms with van der Waals surface area (Å²) in [5.41, 5.74) is 0.219. The van der Waals surface area contributed by atoms with Crippen LogP contribution in [0.2, 0.25) is 0 Å². The lowest BCUT2D eigenvalue weighted by molar-refractivity contribution is -0.159. The first-order valence-electron chi connectivity index (χ1n) is 7.45. The second-order valence-corrected chi connectivity index (χ2v) is 5.84. The summed E-state index contributed by atoms with van der Waals surface area (Å²) >= 11 is 0. The maximum absolute atomic E-state index is 12.3. The third-order valence-electron chi connectivity index (χ3n) is 4.61. The standard InChI is InChI=1S/C17H23NO4/c1-12(13-8-6-5-7-9-13)18-14(15(19)21-3)10-11-17(18,2)16(20)22-4/h5-9,12,14H,10-11H2,1-4H3/t12-,14?,17?/m0/s1. The molecule has 22 heavy (non-hydrogen) atoms. The molecule has 120 valence electrons. The molecule has 0 aliphatic carbocycles. The number of hydrogen-bond donors (Lipinski definition) is 0. The highest BCUT2D eigenvalue weighted by Gasteiger charge is 2.53. The number of nitrogens with zero attached hydrogens (tertiary/aromatic N) is 1. The molecule has 5 nitrogen and oxygen atoms in total. The molecule has 0 spiro atoms. The summed E-state index contributed by atoms with van der Waals surface area (Å²) in [4.78, 5) is 26.4. The molecule has 0 N–H and O–H groups in total. The molecular formula is C17H23NO4. The average Bonchev–Trinajstić information content (AvgIpc) is 2.92. The molecule has 1 aromatic carbocycles. The summed E-state index contributed by atoms with van der Waals surface area (Å²) in [6.07, 6.45) is 1.14. The minimum atomic E-state index is -0.830. The summed E-state index contributed by atoms with van der Waals surface area (Å²) in [5.74, 6) is -0.628. The predicted octanol–water partition coefficient (Wildman–Crippen LogP) is 2.32. The number of methoxy groups -OCH3 is 2. The molecule has 3 atom stereocenters. The van der Waals surface area contributed by atoms with Gasteiger partial charge in [-0.3, -0.25) is 14.5 Å². The van der Waals surface area contributed by atoms with Crippen LogP contribution in [0.25, 0.3) is 0 Å². The van der Waals surface area contributed by atoms with E-state index < -0.39 is 11.6 Å². The first-order valence-corrected chi connectivity index (χ1v) is 7.45. The molecule has 1 aliphatic heterocycles. The highest BCUT2D eigenvalue weighted by Crippen LogP contribution is 2.41. The lowest BCUT2D eigenvalue weighted by Crippen LogP contribution is -2.54. The highest BCUT2D eigenvalue weighted by molar-refractivity contribution is 5.84. The normalized spacial score (nSPS) is 26.5. The van der Waals surface area contributed by atoms with Crippen molar-refractivity contribution in [1.82, 2.24) is 4.90 Å². The highest BCUT2D eigenvalue weighted by atomic mass is 16.5. The minimum absolute atomic E-state index is 0.100. The van der Waals surface area contributed by atoms with Crippen molar-refractivity contribution in [2.45, 2.75) is 44.3 Å². The Bertz CT molecular complexity index is 545. The zero-order chi connectivity index (χ0) is 16.3. The van der Waals surface area contributed by atoms with Crippen LogP contribution in [0, 0.1) is 0 Å². The van der Waals surface area contributed by atoms with Gasteiger partial charge in [0.2, 0.25) is 0 Å². The summed E-state index contributed by atoms with van der Waals surface area (Å²) in [6, 6.07) is 9.29. The SMILES string of the molecule is COC(=O)C1CCC(C)(C(=O)OC)N1[C@@H](C)c1ccccc1. The first kappa shape index (κ1) is 16.5. The number of carbonyl (C=O) groups excluding carboxylic acids is 2. The van der Waals surface area contributed by atoms with E-state index in [0.717, 1.165) is 5.56 Å². The van der Waals surface area contributed by atoms with Gasteiger partial charge in [0.1, 0.15) is 11.6 Å². The lowest BCUT2D eigenvalue weighted by Gasteiger charge is -2.39. The molecule has 2 rings (SSSR count). The summed E-state index contributed by atoms with van der Waals surface area (Å²) < 4.78 is 9.91. The molecule has 1 aromatic rings. The zero-order valence-electron chi connectivity index (χ0n) is 13.5. The minimum Gasteiger partial charge on any atom is -0.468 e. The largest absolute Gasteiger partial charge is 0.468 e. The Balaban J connectivity index is 2.42. The summed E-state index contributed by atoms with van der Waals surface area (Å²) in [5, 5.41) is 0. The van der Waals surface area contributed by atoms with E-state index in [4.69, 9.17) is 9.47 Å². The third-order valence-corrected chi connectivity index (χ3v) is 4.61. The molecule has 1 aliphatic rings. The number of carbonyl (C=O) groups is 2. The zero-order valence-corrected chi connectivity index (χ0v) is 13.5. The topological polar surface area (TPSA) is 55.8 Å². The van der Waals surface area contributed by atoms with Crippen LogP contribution >= 0.6 is 0 Å². The second-order valence-electron chi connectivity index (χ2n) is 5.84. The number of hydrogen-bond acceptors (Lipinski definition) is 5. The lowest BCUT2D eigenvalue weighted by atomic mass is 9.96. The summed E-state index contributed by atoms with van der Waals surface area (Å²) in [7, 11) is 2.76. The van der Waals surface area contributed by atoms with Crippen molar-refractivity contribution in [3.63, 3.8) is 0 Å². The van der Waals surface area contributed by atoms with Crippen molar-refractivity contribution in [1.29, 1.82) is 0 Å². The molecule has 0 aromatic heterocycles. The third kappa shape index (κ3) is 2.73. The molecule has 1 fully saturated rings. The molecule has 0 amide bonds. The Kier molecular flexibility index (Phi) is 4.86. The summed E-state index contributed by atoms with van der Waals surface area (Å²) in [6.45, 7) is 3.83. The van der Waals surface area contributed by atoms with E-state index in [9.17, 15) is 9.59 Å². The molecule has 1 saturated heterocycles. The van der Waals surface area contributed by atoms with Crippen molar-refractivity contribution in [2.24, 2.45) is 0 Å². The Labute approximate surface area is 131 Å². The average molecular weight is 305 g/mol. The monoisotopic (exact) mass is 305 g/mol. The van der Waals surface area contributed by atoms with Gasteiger partial charge in [-0.15, -0.1) is 0 Å². The van der Waals surface area contributed by atoms with Gasteiger partial charge >= 0.3 is 11.9 Å². The predicted molar refractivity (Wildman–Crippen MR) is 82.2 cm³/mol. The Morgan fingerprint density at radius 2 is 1.86 bits per heavy atom. The fourth-order valence-corrected chi connectivity index (χ4v) is 3.41. The fraction of sp³-hybridized carbons (Fsp3) is 0.529.